The van der Waals surface area contributed by atoms with Crippen LogP contribution in [0.25, 0.3) is 0 Å². The van der Waals surface area contributed by atoms with Crippen LogP contribution in [0.2, 0.25) is 0 Å². The zero-order valence-corrected chi connectivity index (χ0v) is 25.6. The molecule has 2 atom stereocenters. The van der Waals surface area contributed by atoms with Crippen molar-refractivity contribution in [2.24, 2.45) is 11.8 Å². The maximum atomic E-state index is 13.5. The highest BCUT2D eigenvalue weighted by atomic mass is 32.2. The lowest BCUT2D eigenvalue weighted by Gasteiger charge is -2.41. The van der Waals surface area contributed by atoms with Gasteiger partial charge in [-0.15, -0.1) is 0 Å². The number of sulfonamides is 1. The molecular weight excluding hydrogens is 546 g/mol. The quantitative estimate of drug-likeness (QED) is 0.394. The van der Waals surface area contributed by atoms with Crippen molar-refractivity contribution >= 4 is 15.9 Å². The van der Waals surface area contributed by atoms with Gasteiger partial charge in [-0.2, -0.15) is 4.31 Å². The maximum Gasteiger partial charge on any atom is 0.288 e. The highest BCUT2D eigenvalue weighted by molar-refractivity contribution is 7.89. The fraction of sp³-hybridized carbons (Fsp3) is 0.700. The van der Waals surface area contributed by atoms with Gasteiger partial charge in [0.1, 0.15) is 5.75 Å². The predicted octanol–water partition coefficient (Wildman–Crippen LogP) is 3.07. The second-order valence-electron chi connectivity index (χ2n) is 11.5. The minimum atomic E-state index is -3.85. The van der Waals surface area contributed by atoms with Crippen molar-refractivity contribution in [3.8, 4) is 5.75 Å². The Morgan fingerprint density at radius 1 is 1.07 bits per heavy atom. The van der Waals surface area contributed by atoms with Crippen molar-refractivity contribution in [3.05, 3.63) is 36.1 Å². The molecule has 0 spiro atoms. The summed E-state index contributed by atoms with van der Waals surface area (Å²) in [7, 11) is -2.33. The lowest BCUT2D eigenvalue weighted by molar-refractivity contribution is -0.157. The first-order valence-electron chi connectivity index (χ1n) is 15.0. The number of hydrogen-bond donors (Lipinski definition) is 1. The van der Waals surface area contributed by atoms with Gasteiger partial charge in [-0.25, -0.2) is 8.42 Å². The first-order valence-corrected chi connectivity index (χ1v) is 16.5. The van der Waals surface area contributed by atoms with Crippen LogP contribution in [0.1, 0.15) is 52.4 Å². The van der Waals surface area contributed by atoms with Gasteiger partial charge in [0.05, 0.1) is 25.2 Å². The highest BCUT2D eigenvalue weighted by Crippen LogP contribution is 2.31. The molecule has 0 saturated carbocycles. The Balaban J connectivity index is 1.34. The molecule has 2 saturated heterocycles. The van der Waals surface area contributed by atoms with Crippen LogP contribution in [-0.4, -0.2) is 105 Å². The first kappa shape index (κ1) is 31.7. The molecule has 2 fully saturated rings. The number of allylic oxidation sites excluding steroid dienone is 1. The van der Waals surface area contributed by atoms with Gasteiger partial charge < -0.3 is 29.1 Å². The third-order valence-electron chi connectivity index (χ3n) is 8.51. The number of likely N-dealkylation sites (tertiary alicyclic amines) is 2. The second kappa shape index (κ2) is 14.8. The molecule has 0 aliphatic carbocycles. The Labute approximate surface area is 245 Å². The van der Waals surface area contributed by atoms with Crippen molar-refractivity contribution in [1.29, 1.82) is 0 Å². The molecule has 11 heteroatoms. The molecule has 230 valence electrons. The van der Waals surface area contributed by atoms with Crippen molar-refractivity contribution in [3.63, 3.8) is 0 Å². The number of aliphatic hydroxyl groups is 1. The normalized spacial score (nSPS) is 23.0. The van der Waals surface area contributed by atoms with Gasteiger partial charge in [0.15, 0.2) is 5.76 Å². The molecule has 0 bridgehead atoms. The lowest BCUT2D eigenvalue weighted by atomic mass is 9.90. The van der Waals surface area contributed by atoms with Gasteiger partial charge in [-0.3, -0.25) is 4.79 Å². The summed E-state index contributed by atoms with van der Waals surface area (Å²) < 4.78 is 44.8. The van der Waals surface area contributed by atoms with E-state index < -0.39 is 16.3 Å². The van der Waals surface area contributed by atoms with E-state index in [-0.39, 0.29) is 43.0 Å². The van der Waals surface area contributed by atoms with Crippen LogP contribution >= 0.6 is 0 Å². The van der Waals surface area contributed by atoms with Gasteiger partial charge >= 0.3 is 0 Å². The van der Waals surface area contributed by atoms with Gasteiger partial charge in [0, 0.05) is 38.6 Å². The van der Waals surface area contributed by atoms with Crippen molar-refractivity contribution in [2.45, 2.75) is 69.6 Å². The Bertz CT molecular complexity index is 1110. The minimum Gasteiger partial charge on any atom is -0.497 e. The number of carbonyl (C=O) groups excluding carboxylic acids is 1. The molecule has 0 radical (unpaired) electrons. The molecule has 1 N–H and O–H groups in total. The average molecular weight is 594 g/mol. The Hall–Kier alpha value is -2.18. The zero-order valence-electron chi connectivity index (χ0n) is 24.7. The fourth-order valence-electron chi connectivity index (χ4n) is 5.92. The molecule has 3 aliphatic heterocycles. The number of nitrogens with zero attached hydrogens (tertiary/aromatic N) is 3. The molecule has 1 aromatic rings. The molecule has 41 heavy (non-hydrogen) atoms. The number of ether oxygens (including phenoxy) is 3. The SMILES string of the molecule is COc1ccc(S(=O)(=O)N(CCO)CCOC2CC(C(C)C)C=C(C(=O)N3CCC(N4CCCCC4)CC3)O2)cc1. The van der Waals surface area contributed by atoms with Gasteiger partial charge in [0.2, 0.25) is 16.3 Å². The van der Waals surface area contributed by atoms with E-state index in [9.17, 15) is 18.3 Å². The zero-order chi connectivity index (χ0) is 29.4. The molecule has 4 rings (SSSR count). The number of methoxy groups -OCH3 is 1. The van der Waals surface area contributed by atoms with E-state index >= 15 is 0 Å². The molecule has 3 aliphatic rings. The Morgan fingerprint density at radius 3 is 2.37 bits per heavy atom. The summed E-state index contributed by atoms with van der Waals surface area (Å²) in [6.45, 7) is 7.72. The van der Waals surface area contributed by atoms with Crippen LogP contribution in [0, 0.1) is 11.8 Å². The average Bonchev–Trinajstić information content (AvgIpc) is 3.00. The Kier molecular flexibility index (Phi) is 11.5. The third-order valence-corrected chi connectivity index (χ3v) is 10.4. The molecule has 3 heterocycles. The summed E-state index contributed by atoms with van der Waals surface area (Å²) in [4.78, 5) is 18.1. The smallest absolute Gasteiger partial charge is 0.288 e. The number of piperidine rings is 2. The number of aliphatic hydroxyl groups excluding tert-OH is 1. The monoisotopic (exact) mass is 593 g/mol. The van der Waals surface area contributed by atoms with Crippen LogP contribution in [0.15, 0.2) is 41.0 Å². The summed E-state index contributed by atoms with van der Waals surface area (Å²) in [6, 6.07) is 6.69. The highest BCUT2D eigenvalue weighted by Gasteiger charge is 2.34. The van der Waals surface area contributed by atoms with E-state index in [2.05, 4.69) is 18.7 Å². The minimum absolute atomic E-state index is 0.0398. The largest absolute Gasteiger partial charge is 0.497 e. The number of benzene rings is 1. The maximum absolute atomic E-state index is 13.5. The van der Waals surface area contributed by atoms with Crippen LogP contribution in [-0.2, 0) is 24.3 Å². The third kappa shape index (κ3) is 8.22. The van der Waals surface area contributed by atoms with E-state index in [0.29, 0.717) is 29.9 Å². The van der Waals surface area contributed by atoms with E-state index in [1.165, 1.54) is 55.9 Å². The van der Waals surface area contributed by atoms with Crippen LogP contribution in [0.4, 0.5) is 0 Å². The summed E-state index contributed by atoms with van der Waals surface area (Å²) in [5.41, 5.74) is 0. The standard InChI is InChI=1S/C30H47N3O7S/c1-23(2)24-21-28(30(35)32-15-11-25(12-16-32)31-13-5-4-6-14-31)40-29(22-24)39-20-18-33(17-19-34)41(36,37)27-9-7-26(38-3)8-10-27/h7-10,21,23-25,29,34H,4-6,11-20,22H2,1-3H3. The molecule has 10 nitrogen and oxygen atoms in total. The van der Waals surface area contributed by atoms with Crippen molar-refractivity contribution < 1.29 is 32.5 Å². The van der Waals surface area contributed by atoms with E-state index in [4.69, 9.17) is 14.2 Å². The van der Waals surface area contributed by atoms with E-state index in [0.717, 1.165) is 25.9 Å². The van der Waals surface area contributed by atoms with Crippen molar-refractivity contribution in [2.75, 3.05) is 59.6 Å². The summed E-state index contributed by atoms with van der Waals surface area (Å²) in [5, 5.41) is 9.54. The van der Waals surface area contributed by atoms with E-state index in [1.54, 1.807) is 12.1 Å². The topological polar surface area (TPSA) is 109 Å². The molecular formula is C30H47N3O7S. The number of carbonyl (C=O) groups is 1. The van der Waals surface area contributed by atoms with Gasteiger partial charge in [0.25, 0.3) is 5.91 Å². The molecule has 2 unspecified atom stereocenters. The number of hydrogen-bond acceptors (Lipinski definition) is 8. The number of amides is 1. The lowest BCUT2D eigenvalue weighted by Crippen LogP contribution is -2.49. The summed E-state index contributed by atoms with van der Waals surface area (Å²) in [5.74, 6) is 1.19. The first-order chi connectivity index (χ1) is 19.7. The summed E-state index contributed by atoms with van der Waals surface area (Å²) >= 11 is 0. The second-order valence-corrected chi connectivity index (χ2v) is 13.5. The van der Waals surface area contributed by atoms with Crippen molar-refractivity contribution in [1.82, 2.24) is 14.1 Å². The van der Waals surface area contributed by atoms with Crippen LogP contribution in [0.5, 0.6) is 5.75 Å². The molecule has 1 aromatic carbocycles. The Morgan fingerprint density at radius 2 is 1.76 bits per heavy atom. The van der Waals surface area contributed by atoms with Gasteiger partial charge in [-0.1, -0.05) is 20.3 Å². The fourth-order valence-corrected chi connectivity index (χ4v) is 7.34. The van der Waals surface area contributed by atoms with E-state index in [1.807, 2.05) is 11.0 Å². The van der Waals surface area contributed by atoms with Crippen LogP contribution in [0.3, 0.4) is 0 Å². The molecule has 1 amide bonds. The summed E-state index contributed by atoms with van der Waals surface area (Å²) in [6.07, 6.45) is 7.68. The van der Waals surface area contributed by atoms with Crippen LogP contribution < -0.4 is 4.74 Å². The predicted molar refractivity (Wildman–Crippen MR) is 156 cm³/mol. The van der Waals surface area contributed by atoms with Gasteiger partial charge in [-0.05, 0) is 81.0 Å². The molecule has 0 aromatic heterocycles. The number of rotatable bonds is 12.